The Labute approximate surface area is 166 Å². The highest BCUT2D eigenvalue weighted by Crippen LogP contribution is 2.27. The number of aliphatic hydroxyl groups is 1. The summed E-state index contributed by atoms with van der Waals surface area (Å²) in [6.07, 6.45) is 2.73. The predicted molar refractivity (Wildman–Crippen MR) is 113 cm³/mol. The molecule has 0 atom stereocenters. The highest BCUT2D eigenvalue weighted by atomic mass is 16.5. The minimum Gasteiger partial charge on any atom is -0.489 e. The maximum atomic E-state index is 9.24. The van der Waals surface area contributed by atoms with Gasteiger partial charge in [0.2, 0.25) is 0 Å². The van der Waals surface area contributed by atoms with Crippen LogP contribution in [0.5, 0.6) is 11.5 Å². The van der Waals surface area contributed by atoms with E-state index in [9.17, 15) is 5.11 Å². The molecule has 3 heteroatoms. The maximum Gasteiger partial charge on any atom is 0.127 e. The van der Waals surface area contributed by atoms with E-state index in [1.54, 1.807) is 0 Å². The second-order valence-electron chi connectivity index (χ2n) is 6.73. The Kier molecular flexibility index (Phi) is 7.28. The minimum absolute atomic E-state index is 0.0679. The molecule has 28 heavy (non-hydrogen) atoms. The van der Waals surface area contributed by atoms with Crippen LogP contribution >= 0.6 is 0 Å². The molecule has 144 valence electrons. The quantitative estimate of drug-likeness (QED) is 0.515. The first-order valence-corrected chi connectivity index (χ1v) is 9.47. The Bertz CT molecular complexity index is 886. The second-order valence-corrected chi connectivity index (χ2v) is 6.73. The average molecular weight is 374 g/mol. The van der Waals surface area contributed by atoms with Gasteiger partial charge < -0.3 is 14.6 Å². The van der Waals surface area contributed by atoms with Crippen LogP contribution in [0, 0.1) is 0 Å². The lowest BCUT2D eigenvalue weighted by Crippen LogP contribution is -2.01. The van der Waals surface area contributed by atoms with Gasteiger partial charge in [-0.1, -0.05) is 78.4 Å². The number of hydrogen-bond acceptors (Lipinski definition) is 3. The third kappa shape index (κ3) is 6.00. The van der Waals surface area contributed by atoms with Gasteiger partial charge in [0, 0.05) is 6.07 Å². The zero-order valence-corrected chi connectivity index (χ0v) is 16.2. The molecule has 0 saturated heterocycles. The fraction of sp³-hybridized carbons (Fsp3) is 0.200. The Morgan fingerprint density at radius 3 is 2.04 bits per heavy atom. The van der Waals surface area contributed by atoms with Crippen LogP contribution in [0.1, 0.15) is 23.6 Å². The highest BCUT2D eigenvalue weighted by Gasteiger charge is 2.07. The van der Waals surface area contributed by atoms with E-state index in [4.69, 9.17) is 9.47 Å². The van der Waals surface area contributed by atoms with Crippen molar-refractivity contribution in [2.24, 2.45) is 0 Å². The van der Waals surface area contributed by atoms with E-state index in [1.165, 1.54) is 0 Å². The van der Waals surface area contributed by atoms with Gasteiger partial charge in [-0.2, -0.15) is 0 Å². The van der Waals surface area contributed by atoms with E-state index in [-0.39, 0.29) is 6.61 Å². The summed E-state index contributed by atoms with van der Waals surface area (Å²) in [5, 5.41) is 9.24. The van der Waals surface area contributed by atoms with Crippen molar-refractivity contribution in [1.29, 1.82) is 0 Å². The predicted octanol–water partition coefficient (Wildman–Crippen LogP) is 5.33. The maximum absolute atomic E-state index is 9.24. The van der Waals surface area contributed by atoms with Crippen LogP contribution in [0.2, 0.25) is 0 Å². The molecule has 3 rings (SSSR count). The molecule has 0 aliphatic heterocycles. The second kappa shape index (κ2) is 10.3. The van der Waals surface area contributed by atoms with Crippen LogP contribution in [0.3, 0.4) is 0 Å². The summed E-state index contributed by atoms with van der Waals surface area (Å²) in [7, 11) is 0. The van der Waals surface area contributed by atoms with Gasteiger partial charge >= 0.3 is 0 Å². The molecular weight excluding hydrogens is 348 g/mol. The molecule has 0 aliphatic rings. The lowest BCUT2D eigenvalue weighted by molar-refractivity contribution is 0.288. The number of allylic oxidation sites excluding steroid dienone is 1. The van der Waals surface area contributed by atoms with Gasteiger partial charge in [-0.25, -0.2) is 0 Å². The van der Waals surface area contributed by atoms with Gasteiger partial charge in [-0.15, -0.1) is 0 Å². The number of rotatable bonds is 9. The normalized spacial score (nSPS) is 11.3. The molecule has 1 N–H and O–H groups in total. The Hall–Kier alpha value is -3.04. The summed E-state index contributed by atoms with van der Waals surface area (Å²) in [6.45, 7) is 3.00. The van der Waals surface area contributed by atoms with Crippen LogP contribution in [0.15, 0.2) is 90.5 Å². The first-order valence-electron chi connectivity index (χ1n) is 9.47. The lowest BCUT2D eigenvalue weighted by atomic mass is 10.1. The van der Waals surface area contributed by atoms with Crippen LogP contribution in [-0.2, 0) is 19.6 Å². The fourth-order valence-electron chi connectivity index (χ4n) is 2.75. The highest BCUT2D eigenvalue weighted by molar-refractivity contribution is 5.42. The molecule has 0 unspecified atom stereocenters. The minimum atomic E-state index is 0.0679. The van der Waals surface area contributed by atoms with E-state index >= 15 is 0 Å². The van der Waals surface area contributed by atoms with Crippen LogP contribution < -0.4 is 9.47 Å². The van der Waals surface area contributed by atoms with Gasteiger partial charge in [0.15, 0.2) is 0 Å². The SMILES string of the molecule is CC(=CCc1ccc(OCc2ccccc2)cc1OCc1ccccc1)CO. The van der Waals surface area contributed by atoms with Crippen LogP contribution in [0.4, 0.5) is 0 Å². The van der Waals surface area contributed by atoms with E-state index < -0.39 is 0 Å². The van der Waals surface area contributed by atoms with E-state index in [0.29, 0.717) is 19.6 Å². The Balaban J connectivity index is 1.74. The molecule has 0 aromatic heterocycles. The van der Waals surface area contributed by atoms with E-state index in [1.807, 2.05) is 91.9 Å². The van der Waals surface area contributed by atoms with Crippen LogP contribution in [0.25, 0.3) is 0 Å². The molecular formula is C25H26O3. The van der Waals surface area contributed by atoms with Crippen molar-refractivity contribution in [3.63, 3.8) is 0 Å². The fourth-order valence-corrected chi connectivity index (χ4v) is 2.75. The molecule has 0 bridgehead atoms. The summed E-state index contributed by atoms with van der Waals surface area (Å²) < 4.78 is 12.1. The third-order valence-corrected chi connectivity index (χ3v) is 4.44. The molecule has 0 spiro atoms. The van der Waals surface area contributed by atoms with Crippen molar-refractivity contribution >= 4 is 0 Å². The first-order chi connectivity index (χ1) is 13.7. The number of ether oxygens (including phenoxy) is 2. The monoisotopic (exact) mass is 374 g/mol. The van der Waals surface area contributed by atoms with Crippen molar-refractivity contribution in [3.8, 4) is 11.5 Å². The zero-order chi connectivity index (χ0) is 19.6. The van der Waals surface area contributed by atoms with Gasteiger partial charge in [0.05, 0.1) is 6.61 Å². The largest absolute Gasteiger partial charge is 0.489 e. The van der Waals surface area contributed by atoms with Gasteiger partial charge in [0.1, 0.15) is 24.7 Å². The molecule has 0 fully saturated rings. The van der Waals surface area contributed by atoms with Crippen molar-refractivity contribution in [2.75, 3.05) is 6.61 Å². The third-order valence-electron chi connectivity index (χ3n) is 4.44. The number of benzene rings is 3. The smallest absolute Gasteiger partial charge is 0.127 e. The molecule has 0 amide bonds. The topological polar surface area (TPSA) is 38.7 Å². The standard InChI is InChI=1S/C25H26O3/c1-20(17-26)12-13-23-14-15-24(27-18-21-8-4-2-5-9-21)16-25(23)28-19-22-10-6-3-7-11-22/h2-12,14-16,26H,13,17-19H2,1H3. The zero-order valence-electron chi connectivity index (χ0n) is 16.2. The molecule has 0 heterocycles. The summed E-state index contributed by atoms with van der Waals surface area (Å²) in [5.74, 6) is 1.58. The van der Waals surface area contributed by atoms with Crippen molar-refractivity contribution < 1.29 is 14.6 Å². The van der Waals surface area contributed by atoms with E-state index in [0.717, 1.165) is 33.8 Å². The molecule has 3 aromatic rings. The lowest BCUT2D eigenvalue weighted by Gasteiger charge is -2.14. The van der Waals surface area contributed by atoms with Gasteiger partial charge in [0.25, 0.3) is 0 Å². The summed E-state index contributed by atoms with van der Waals surface area (Å²) >= 11 is 0. The van der Waals surface area contributed by atoms with Crippen LogP contribution in [-0.4, -0.2) is 11.7 Å². The first kappa shape index (κ1) is 19.7. The summed E-state index contributed by atoms with van der Waals surface area (Å²) in [6, 6.07) is 26.1. The molecule has 3 nitrogen and oxygen atoms in total. The van der Waals surface area contributed by atoms with E-state index in [2.05, 4.69) is 0 Å². The molecule has 3 aromatic carbocycles. The van der Waals surface area contributed by atoms with Gasteiger partial charge in [-0.05, 0) is 36.1 Å². The van der Waals surface area contributed by atoms with Gasteiger partial charge in [-0.3, -0.25) is 0 Å². The Morgan fingerprint density at radius 2 is 1.43 bits per heavy atom. The summed E-state index contributed by atoms with van der Waals surface area (Å²) in [4.78, 5) is 0. The Morgan fingerprint density at radius 1 is 0.821 bits per heavy atom. The molecule has 0 aliphatic carbocycles. The number of aliphatic hydroxyl groups excluding tert-OH is 1. The van der Waals surface area contributed by atoms with Crippen molar-refractivity contribution in [1.82, 2.24) is 0 Å². The number of hydrogen-bond donors (Lipinski definition) is 1. The average Bonchev–Trinajstić information content (AvgIpc) is 2.76. The summed E-state index contributed by atoms with van der Waals surface area (Å²) in [5.41, 5.74) is 4.25. The molecule has 0 saturated carbocycles. The van der Waals surface area contributed by atoms with Crippen molar-refractivity contribution in [2.45, 2.75) is 26.6 Å². The molecule has 0 radical (unpaired) electrons. The van der Waals surface area contributed by atoms with Crippen molar-refractivity contribution in [3.05, 3.63) is 107 Å².